The summed E-state index contributed by atoms with van der Waals surface area (Å²) in [7, 11) is -2.74. The number of ether oxygens (including phenoxy) is 2. The molecule has 0 aliphatic heterocycles. The van der Waals surface area contributed by atoms with E-state index in [-0.39, 0.29) is 29.6 Å². The van der Waals surface area contributed by atoms with Crippen LogP contribution in [0.1, 0.15) is 12.1 Å². The topological polar surface area (TPSA) is 91.8 Å². The minimum absolute atomic E-state index is 0.0162. The Kier molecular flexibility index (Phi) is 5.79. The summed E-state index contributed by atoms with van der Waals surface area (Å²) in [6, 6.07) is 14.6. The largest absolute Gasteiger partial charge is 0.493 e. The highest BCUT2D eigenvalue weighted by Crippen LogP contribution is 2.27. The van der Waals surface area contributed by atoms with Gasteiger partial charge in [0.1, 0.15) is 16.2 Å². The quantitative estimate of drug-likeness (QED) is 0.443. The Balaban J connectivity index is 1.76. The number of benzene rings is 2. The summed E-state index contributed by atoms with van der Waals surface area (Å²) < 4.78 is 40.5. The van der Waals surface area contributed by atoms with Crippen molar-refractivity contribution in [3.8, 4) is 11.5 Å². The monoisotopic (exact) mass is 401 g/mol. The van der Waals surface area contributed by atoms with Gasteiger partial charge in [-0.2, -0.15) is 8.42 Å². The summed E-state index contributed by atoms with van der Waals surface area (Å²) >= 11 is 0. The molecule has 0 aliphatic carbocycles. The van der Waals surface area contributed by atoms with Crippen LogP contribution in [-0.4, -0.2) is 33.1 Å². The fraction of sp³-hybridized carbons (Fsp3) is 0.200. The zero-order valence-electron chi connectivity index (χ0n) is 15.4. The molecule has 0 saturated heterocycles. The van der Waals surface area contributed by atoms with Gasteiger partial charge in [-0.15, -0.1) is 0 Å². The average Bonchev–Trinajstić information content (AvgIpc) is 2.68. The Hall–Kier alpha value is -3.13. The Morgan fingerprint density at radius 3 is 2.50 bits per heavy atom. The van der Waals surface area contributed by atoms with E-state index in [1.807, 2.05) is 25.1 Å². The molecule has 3 aromatic rings. The van der Waals surface area contributed by atoms with Crippen LogP contribution in [0.5, 0.6) is 11.5 Å². The number of aryl methyl sites for hydroxylation is 1. The lowest BCUT2D eigenvalue weighted by Gasteiger charge is -2.10. The third-order valence-corrected chi connectivity index (χ3v) is 5.19. The molecule has 3 rings (SSSR count). The van der Waals surface area contributed by atoms with E-state index in [1.54, 1.807) is 12.1 Å². The van der Waals surface area contributed by atoms with E-state index >= 15 is 0 Å². The third kappa shape index (κ3) is 4.58. The maximum Gasteiger partial charge on any atom is 0.339 e. The number of para-hydroxylation sites is 1. The van der Waals surface area contributed by atoms with Crippen LogP contribution < -0.4 is 8.92 Å². The van der Waals surface area contributed by atoms with Crippen LogP contribution in [0, 0.1) is 6.92 Å². The van der Waals surface area contributed by atoms with Crippen LogP contribution in [0.4, 0.5) is 0 Å². The van der Waals surface area contributed by atoms with Crippen molar-refractivity contribution in [1.82, 2.24) is 4.98 Å². The molecule has 1 aromatic heterocycles. The van der Waals surface area contributed by atoms with Crippen LogP contribution >= 0.6 is 0 Å². The van der Waals surface area contributed by atoms with E-state index in [9.17, 15) is 13.2 Å². The minimum Gasteiger partial charge on any atom is -0.493 e. The van der Waals surface area contributed by atoms with Crippen LogP contribution in [0.15, 0.2) is 59.5 Å². The molecule has 0 spiro atoms. The predicted octanol–water partition coefficient (Wildman–Crippen LogP) is 3.25. The molecule has 0 radical (unpaired) electrons. The number of hydrogen-bond donors (Lipinski definition) is 0. The number of aromatic nitrogens is 1. The number of carbonyl (C=O) groups excluding carboxylic acids is 1. The Morgan fingerprint density at radius 2 is 1.79 bits per heavy atom. The Labute approximate surface area is 163 Å². The molecule has 0 N–H and O–H groups in total. The smallest absolute Gasteiger partial charge is 0.339 e. The van der Waals surface area contributed by atoms with Crippen molar-refractivity contribution in [3.63, 3.8) is 0 Å². The molecule has 0 aliphatic rings. The van der Waals surface area contributed by atoms with Crippen LogP contribution in [0.2, 0.25) is 0 Å². The van der Waals surface area contributed by atoms with Crippen molar-refractivity contribution in [1.29, 1.82) is 0 Å². The molecule has 0 amide bonds. The molecule has 28 heavy (non-hydrogen) atoms. The lowest BCUT2D eigenvalue weighted by molar-refractivity contribution is -0.141. The van der Waals surface area contributed by atoms with Crippen LogP contribution in [0.25, 0.3) is 10.9 Å². The van der Waals surface area contributed by atoms with Crippen LogP contribution in [-0.2, 0) is 19.6 Å². The first kappa shape index (κ1) is 19.6. The molecule has 1 heterocycles. The molecule has 0 saturated carbocycles. The first-order valence-corrected chi connectivity index (χ1v) is 9.90. The fourth-order valence-corrected chi connectivity index (χ4v) is 3.44. The summed E-state index contributed by atoms with van der Waals surface area (Å²) in [5.74, 6) is 0.219. The molecule has 0 bridgehead atoms. The van der Waals surface area contributed by atoms with Gasteiger partial charge in [0.15, 0.2) is 5.75 Å². The zero-order valence-corrected chi connectivity index (χ0v) is 16.2. The summed E-state index contributed by atoms with van der Waals surface area (Å²) in [5.41, 5.74) is 1.24. The second-order valence-electron chi connectivity index (χ2n) is 5.96. The van der Waals surface area contributed by atoms with E-state index in [0.717, 1.165) is 11.1 Å². The van der Waals surface area contributed by atoms with Gasteiger partial charge in [-0.25, -0.2) is 4.98 Å². The van der Waals surface area contributed by atoms with Gasteiger partial charge in [-0.1, -0.05) is 18.2 Å². The SMILES string of the molecule is COC(=O)CCOc1ccc(S(=O)(=O)Oc2cccc3ccc(C)nc23)cc1. The van der Waals surface area contributed by atoms with Gasteiger partial charge >= 0.3 is 16.1 Å². The number of rotatable bonds is 7. The number of hydrogen-bond acceptors (Lipinski definition) is 7. The molecule has 7 nitrogen and oxygen atoms in total. The summed E-state index contributed by atoms with van der Waals surface area (Å²) in [4.78, 5) is 15.4. The maximum absolute atomic E-state index is 12.6. The normalized spacial score (nSPS) is 11.2. The molecule has 2 aromatic carbocycles. The maximum atomic E-state index is 12.6. The minimum atomic E-state index is -4.04. The van der Waals surface area contributed by atoms with Crippen molar-refractivity contribution in [2.75, 3.05) is 13.7 Å². The number of methoxy groups -OCH3 is 1. The molecule has 0 atom stereocenters. The van der Waals surface area contributed by atoms with E-state index in [4.69, 9.17) is 8.92 Å². The Bertz CT molecular complexity index is 1090. The molecule has 0 fully saturated rings. The standard InChI is InChI=1S/C20H19NO6S/c1-14-6-7-15-4-3-5-18(20(15)21-14)27-28(23,24)17-10-8-16(9-11-17)26-13-12-19(22)25-2/h3-11H,12-13H2,1-2H3. The molecule has 146 valence electrons. The van der Waals surface area contributed by atoms with Gasteiger partial charge in [-0.3, -0.25) is 4.79 Å². The van der Waals surface area contributed by atoms with E-state index < -0.39 is 10.1 Å². The van der Waals surface area contributed by atoms with Crippen molar-refractivity contribution in [3.05, 3.63) is 60.3 Å². The van der Waals surface area contributed by atoms with Gasteiger partial charge in [0, 0.05) is 11.1 Å². The first-order chi connectivity index (χ1) is 13.4. The number of carbonyl (C=O) groups is 1. The van der Waals surface area contributed by atoms with Gasteiger partial charge in [-0.05, 0) is 43.3 Å². The predicted molar refractivity (Wildman–Crippen MR) is 103 cm³/mol. The fourth-order valence-electron chi connectivity index (χ4n) is 2.51. The second-order valence-corrected chi connectivity index (χ2v) is 7.51. The summed E-state index contributed by atoms with van der Waals surface area (Å²) in [5, 5.41) is 0.785. The van der Waals surface area contributed by atoms with Gasteiger partial charge in [0.25, 0.3) is 0 Å². The van der Waals surface area contributed by atoms with E-state index in [2.05, 4.69) is 9.72 Å². The van der Waals surface area contributed by atoms with Gasteiger partial charge in [0.2, 0.25) is 0 Å². The van der Waals surface area contributed by atoms with E-state index in [1.165, 1.54) is 31.4 Å². The van der Waals surface area contributed by atoms with E-state index in [0.29, 0.717) is 11.3 Å². The lowest BCUT2D eigenvalue weighted by atomic mass is 10.2. The van der Waals surface area contributed by atoms with Crippen molar-refractivity contribution < 1.29 is 26.9 Å². The molecular formula is C20H19NO6S. The molecule has 0 unspecified atom stereocenters. The lowest BCUT2D eigenvalue weighted by Crippen LogP contribution is -2.10. The number of esters is 1. The average molecular weight is 401 g/mol. The number of fused-ring (bicyclic) bond motifs is 1. The van der Waals surface area contributed by atoms with Crippen molar-refractivity contribution in [2.24, 2.45) is 0 Å². The van der Waals surface area contributed by atoms with Crippen LogP contribution in [0.3, 0.4) is 0 Å². The molecule has 8 heteroatoms. The number of pyridine rings is 1. The van der Waals surface area contributed by atoms with Crippen molar-refractivity contribution >= 4 is 27.0 Å². The van der Waals surface area contributed by atoms with Gasteiger partial charge in [0.05, 0.1) is 20.1 Å². The zero-order chi connectivity index (χ0) is 20.1. The van der Waals surface area contributed by atoms with Crippen molar-refractivity contribution in [2.45, 2.75) is 18.2 Å². The van der Waals surface area contributed by atoms with Gasteiger partial charge < -0.3 is 13.7 Å². The highest BCUT2D eigenvalue weighted by atomic mass is 32.2. The summed E-state index contributed by atoms with van der Waals surface area (Å²) in [6.45, 7) is 1.96. The first-order valence-electron chi connectivity index (χ1n) is 8.49. The highest BCUT2D eigenvalue weighted by Gasteiger charge is 2.19. The third-order valence-electron chi connectivity index (χ3n) is 3.94. The number of nitrogens with zero attached hydrogens (tertiary/aromatic N) is 1. The molecular weight excluding hydrogens is 382 g/mol. The summed E-state index contributed by atoms with van der Waals surface area (Å²) in [6.07, 6.45) is 0.104. The second kappa shape index (κ2) is 8.26. The Morgan fingerprint density at radius 1 is 1.04 bits per heavy atom. The highest BCUT2D eigenvalue weighted by molar-refractivity contribution is 7.87.